The molecule has 0 bridgehead atoms. The van der Waals surface area contributed by atoms with E-state index in [4.69, 9.17) is 11.6 Å². The molecule has 6 heteroatoms. The average molecular weight is 364 g/mol. The minimum atomic E-state index is 0.718. The van der Waals surface area contributed by atoms with Gasteiger partial charge in [-0.15, -0.1) is 0 Å². The van der Waals surface area contributed by atoms with Crippen LogP contribution < -0.4 is 5.32 Å². The van der Waals surface area contributed by atoms with Gasteiger partial charge in [0.25, 0.3) is 0 Å². The zero-order chi connectivity index (χ0) is 14.7. The summed E-state index contributed by atoms with van der Waals surface area (Å²) in [6, 6.07) is 13.9. The standard InChI is InChI=1S/C15H12BrClN4/c16-14-6-1-11(7-15(14)17)8-19-12-2-4-13(5-3-12)21-10-18-9-20-21/h1-7,9-10,19H,8H2. The van der Waals surface area contributed by atoms with Gasteiger partial charge >= 0.3 is 0 Å². The molecule has 0 aliphatic carbocycles. The Balaban J connectivity index is 1.66. The van der Waals surface area contributed by atoms with Crippen molar-refractivity contribution in [3.63, 3.8) is 0 Å². The summed E-state index contributed by atoms with van der Waals surface area (Å²) in [6.45, 7) is 0.718. The Hall–Kier alpha value is -1.85. The summed E-state index contributed by atoms with van der Waals surface area (Å²) >= 11 is 9.47. The molecular formula is C15H12BrClN4. The van der Waals surface area contributed by atoms with Crippen molar-refractivity contribution in [2.45, 2.75) is 6.54 Å². The molecule has 3 aromatic rings. The lowest BCUT2D eigenvalue weighted by Gasteiger charge is -2.08. The molecule has 0 radical (unpaired) electrons. The van der Waals surface area contributed by atoms with Crippen LogP contribution in [0.5, 0.6) is 0 Å². The first kappa shape index (κ1) is 14.1. The van der Waals surface area contributed by atoms with E-state index in [0.717, 1.165) is 33.0 Å². The highest BCUT2D eigenvalue weighted by Crippen LogP contribution is 2.23. The molecule has 0 aliphatic heterocycles. The van der Waals surface area contributed by atoms with E-state index in [2.05, 4.69) is 31.3 Å². The minimum Gasteiger partial charge on any atom is -0.381 e. The molecule has 0 unspecified atom stereocenters. The third-order valence-electron chi connectivity index (χ3n) is 3.03. The van der Waals surface area contributed by atoms with Crippen molar-refractivity contribution >= 4 is 33.2 Å². The van der Waals surface area contributed by atoms with Crippen LogP contribution >= 0.6 is 27.5 Å². The van der Waals surface area contributed by atoms with Gasteiger partial charge in [-0.2, -0.15) is 5.10 Å². The molecule has 0 spiro atoms. The minimum absolute atomic E-state index is 0.718. The van der Waals surface area contributed by atoms with Crippen molar-refractivity contribution in [3.05, 3.63) is 70.2 Å². The molecule has 1 heterocycles. The van der Waals surface area contributed by atoms with Crippen LogP contribution in [0.2, 0.25) is 5.02 Å². The summed E-state index contributed by atoms with van der Waals surface area (Å²) in [4.78, 5) is 3.93. The monoisotopic (exact) mass is 362 g/mol. The summed E-state index contributed by atoms with van der Waals surface area (Å²) < 4.78 is 2.63. The first-order chi connectivity index (χ1) is 10.2. The molecule has 2 aromatic carbocycles. The van der Waals surface area contributed by atoms with Crippen LogP contribution in [0, 0.1) is 0 Å². The Bertz CT molecular complexity index is 726. The van der Waals surface area contributed by atoms with Crippen LogP contribution in [0.4, 0.5) is 5.69 Å². The SMILES string of the molecule is Clc1cc(CNc2ccc(-n3cncn3)cc2)ccc1Br. The van der Waals surface area contributed by atoms with Crippen LogP contribution in [0.1, 0.15) is 5.56 Å². The van der Waals surface area contributed by atoms with E-state index in [1.807, 2.05) is 42.5 Å². The number of rotatable bonds is 4. The van der Waals surface area contributed by atoms with Crippen LogP contribution in [-0.4, -0.2) is 14.8 Å². The van der Waals surface area contributed by atoms with Crippen molar-refractivity contribution < 1.29 is 0 Å². The van der Waals surface area contributed by atoms with E-state index >= 15 is 0 Å². The van der Waals surface area contributed by atoms with Gasteiger partial charge in [0, 0.05) is 16.7 Å². The molecule has 0 aliphatic rings. The molecule has 0 saturated carbocycles. The van der Waals surface area contributed by atoms with Gasteiger partial charge in [-0.3, -0.25) is 0 Å². The number of hydrogen-bond acceptors (Lipinski definition) is 3. The summed E-state index contributed by atoms with van der Waals surface area (Å²) in [6.07, 6.45) is 3.19. The third kappa shape index (κ3) is 3.43. The van der Waals surface area contributed by atoms with E-state index in [-0.39, 0.29) is 0 Å². The number of benzene rings is 2. The molecule has 0 saturated heterocycles. The number of anilines is 1. The summed E-state index contributed by atoms with van der Waals surface area (Å²) in [5.41, 5.74) is 3.14. The predicted octanol–water partition coefficient (Wildman–Crippen LogP) is 4.30. The lowest BCUT2D eigenvalue weighted by Crippen LogP contribution is -2.00. The maximum absolute atomic E-state index is 6.08. The molecule has 1 aromatic heterocycles. The molecule has 0 amide bonds. The van der Waals surface area contributed by atoms with Crippen LogP contribution in [0.15, 0.2) is 59.6 Å². The largest absolute Gasteiger partial charge is 0.381 e. The highest BCUT2D eigenvalue weighted by atomic mass is 79.9. The summed E-state index contributed by atoms with van der Waals surface area (Å²) in [5.74, 6) is 0. The maximum atomic E-state index is 6.08. The molecule has 21 heavy (non-hydrogen) atoms. The van der Waals surface area contributed by atoms with E-state index < -0.39 is 0 Å². The van der Waals surface area contributed by atoms with Gasteiger partial charge in [-0.05, 0) is 57.9 Å². The van der Waals surface area contributed by atoms with Gasteiger partial charge in [-0.25, -0.2) is 9.67 Å². The molecular weight excluding hydrogens is 352 g/mol. The Labute approximate surface area is 135 Å². The number of nitrogens with zero attached hydrogens (tertiary/aromatic N) is 3. The fraction of sp³-hybridized carbons (Fsp3) is 0.0667. The smallest absolute Gasteiger partial charge is 0.138 e. The third-order valence-corrected chi connectivity index (χ3v) is 4.26. The van der Waals surface area contributed by atoms with Gasteiger partial charge in [-0.1, -0.05) is 17.7 Å². The van der Waals surface area contributed by atoms with Crippen molar-refractivity contribution in [2.75, 3.05) is 5.32 Å². The van der Waals surface area contributed by atoms with Crippen molar-refractivity contribution in [2.24, 2.45) is 0 Å². The Kier molecular flexibility index (Phi) is 4.22. The second-order valence-corrected chi connectivity index (χ2v) is 5.75. The number of hydrogen-bond donors (Lipinski definition) is 1. The molecule has 1 N–H and O–H groups in total. The van der Waals surface area contributed by atoms with Gasteiger partial charge in [0.05, 0.1) is 10.7 Å². The topological polar surface area (TPSA) is 42.7 Å². The van der Waals surface area contributed by atoms with Crippen LogP contribution in [0.25, 0.3) is 5.69 Å². The van der Waals surface area contributed by atoms with Gasteiger partial charge in [0.15, 0.2) is 0 Å². The van der Waals surface area contributed by atoms with Crippen LogP contribution in [-0.2, 0) is 6.54 Å². The first-order valence-electron chi connectivity index (χ1n) is 6.35. The van der Waals surface area contributed by atoms with Crippen molar-refractivity contribution in [1.82, 2.24) is 14.8 Å². The van der Waals surface area contributed by atoms with E-state index in [9.17, 15) is 0 Å². The van der Waals surface area contributed by atoms with Crippen LogP contribution in [0.3, 0.4) is 0 Å². The lowest BCUT2D eigenvalue weighted by atomic mass is 10.2. The van der Waals surface area contributed by atoms with Gasteiger partial charge in [0.2, 0.25) is 0 Å². The first-order valence-corrected chi connectivity index (χ1v) is 7.52. The second-order valence-electron chi connectivity index (χ2n) is 4.49. The van der Waals surface area contributed by atoms with E-state index in [1.165, 1.54) is 6.33 Å². The Morgan fingerprint density at radius 2 is 1.95 bits per heavy atom. The van der Waals surface area contributed by atoms with Gasteiger partial charge in [0.1, 0.15) is 12.7 Å². The predicted molar refractivity (Wildman–Crippen MR) is 87.8 cm³/mol. The number of aromatic nitrogens is 3. The molecule has 4 nitrogen and oxygen atoms in total. The average Bonchev–Trinajstić information content (AvgIpc) is 3.03. The maximum Gasteiger partial charge on any atom is 0.138 e. The normalized spacial score (nSPS) is 10.6. The van der Waals surface area contributed by atoms with Gasteiger partial charge < -0.3 is 5.32 Å². The molecule has 0 atom stereocenters. The van der Waals surface area contributed by atoms with Crippen molar-refractivity contribution in [1.29, 1.82) is 0 Å². The fourth-order valence-electron chi connectivity index (χ4n) is 1.93. The fourth-order valence-corrected chi connectivity index (χ4v) is 2.38. The zero-order valence-corrected chi connectivity index (χ0v) is 13.3. The van der Waals surface area contributed by atoms with E-state index in [0.29, 0.717) is 0 Å². The van der Waals surface area contributed by atoms with E-state index in [1.54, 1.807) is 11.0 Å². The highest BCUT2D eigenvalue weighted by Gasteiger charge is 2.00. The number of halogens is 2. The quantitative estimate of drug-likeness (QED) is 0.751. The lowest BCUT2D eigenvalue weighted by molar-refractivity contribution is 0.879. The summed E-state index contributed by atoms with van der Waals surface area (Å²) in [5, 5.41) is 8.17. The van der Waals surface area contributed by atoms with Crippen molar-refractivity contribution in [3.8, 4) is 5.69 Å². The highest BCUT2D eigenvalue weighted by molar-refractivity contribution is 9.10. The number of nitrogens with one attached hydrogen (secondary N) is 1. The Morgan fingerprint density at radius 3 is 2.62 bits per heavy atom. The summed E-state index contributed by atoms with van der Waals surface area (Å²) in [7, 11) is 0. The molecule has 106 valence electrons. The Morgan fingerprint density at radius 1 is 1.14 bits per heavy atom. The molecule has 3 rings (SSSR count). The molecule has 0 fully saturated rings. The second kappa shape index (κ2) is 6.28. The zero-order valence-electron chi connectivity index (χ0n) is 11.0.